The Morgan fingerprint density at radius 2 is 1.91 bits per heavy atom. The molecule has 168 valence electrons. The number of nitrogens with one attached hydrogen (secondary N) is 1. The highest BCUT2D eigenvalue weighted by atomic mass is 32.1. The van der Waals surface area contributed by atoms with Crippen LogP contribution in [0.25, 0.3) is 10.2 Å². The van der Waals surface area contributed by atoms with Gasteiger partial charge >= 0.3 is 0 Å². The van der Waals surface area contributed by atoms with Gasteiger partial charge in [0.2, 0.25) is 5.91 Å². The van der Waals surface area contributed by atoms with E-state index in [1.807, 2.05) is 61.1 Å². The fourth-order valence-corrected chi connectivity index (χ4v) is 5.42. The van der Waals surface area contributed by atoms with Crippen molar-refractivity contribution in [2.24, 2.45) is 0 Å². The fourth-order valence-electron chi connectivity index (χ4n) is 4.53. The van der Waals surface area contributed by atoms with Gasteiger partial charge in [-0.1, -0.05) is 24.3 Å². The normalized spacial score (nSPS) is 17.9. The van der Waals surface area contributed by atoms with Gasteiger partial charge in [0.1, 0.15) is 21.9 Å². The van der Waals surface area contributed by atoms with Crippen molar-refractivity contribution in [1.29, 1.82) is 0 Å². The Morgan fingerprint density at radius 1 is 1.15 bits per heavy atom. The van der Waals surface area contributed by atoms with Crippen LogP contribution in [0, 0.1) is 19.7 Å². The highest BCUT2D eigenvalue weighted by Gasteiger charge is 2.49. The number of rotatable bonds is 4. The molecule has 3 heterocycles. The minimum absolute atomic E-state index is 0.196. The van der Waals surface area contributed by atoms with Crippen LogP contribution in [0.5, 0.6) is 0 Å². The van der Waals surface area contributed by atoms with Crippen molar-refractivity contribution < 1.29 is 14.0 Å². The number of amides is 2. The zero-order valence-electron chi connectivity index (χ0n) is 18.7. The van der Waals surface area contributed by atoms with E-state index in [9.17, 15) is 14.0 Å². The molecule has 0 saturated carbocycles. The van der Waals surface area contributed by atoms with Crippen molar-refractivity contribution >= 4 is 39.1 Å². The van der Waals surface area contributed by atoms with Crippen LogP contribution in [0.1, 0.15) is 34.1 Å². The first-order chi connectivity index (χ1) is 15.8. The van der Waals surface area contributed by atoms with E-state index in [0.717, 1.165) is 32.6 Å². The van der Waals surface area contributed by atoms with Gasteiger partial charge in [0.25, 0.3) is 5.91 Å². The molecule has 5 nitrogen and oxygen atoms in total. The van der Waals surface area contributed by atoms with Crippen molar-refractivity contribution in [1.82, 2.24) is 9.88 Å². The number of thiophene rings is 1. The molecule has 2 amide bonds. The minimum atomic E-state index is -1.15. The van der Waals surface area contributed by atoms with Gasteiger partial charge < -0.3 is 9.88 Å². The summed E-state index contributed by atoms with van der Waals surface area (Å²) in [5, 5.41) is 5.97. The Kier molecular flexibility index (Phi) is 5.09. The lowest BCUT2D eigenvalue weighted by molar-refractivity contribution is -0.126. The summed E-state index contributed by atoms with van der Waals surface area (Å²) in [6.45, 7) is 6.37. The van der Waals surface area contributed by atoms with E-state index in [2.05, 4.69) is 5.32 Å². The predicted molar refractivity (Wildman–Crippen MR) is 129 cm³/mol. The smallest absolute Gasteiger partial charge is 0.275 e. The molecule has 0 bridgehead atoms. The van der Waals surface area contributed by atoms with Crippen LogP contribution >= 0.6 is 11.3 Å². The van der Waals surface area contributed by atoms with Crippen LogP contribution in [0.3, 0.4) is 0 Å². The van der Waals surface area contributed by atoms with Crippen LogP contribution in [0.2, 0.25) is 0 Å². The van der Waals surface area contributed by atoms with Gasteiger partial charge in [0, 0.05) is 17.6 Å². The topological polar surface area (TPSA) is 54.3 Å². The van der Waals surface area contributed by atoms with Crippen LogP contribution in [0.15, 0.2) is 60.0 Å². The first-order valence-corrected chi connectivity index (χ1v) is 11.7. The molecule has 0 aliphatic carbocycles. The summed E-state index contributed by atoms with van der Waals surface area (Å²) in [5.74, 6) is -0.779. The van der Waals surface area contributed by atoms with Crippen molar-refractivity contribution in [3.05, 3.63) is 88.2 Å². The lowest BCUT2D eigenvalue weighted by Gasteiger charge is -2.44. The molecular weight excluding hydrogens is 437 g/mol. The Labute approximate surface area is 195 Å². The Morgan fingerprint density at radius 3 is 2.67 bits per heavy atom. The third-order valence-electron chi connectivity index (χ3n) is 6.56. The molecule has 0 spiro atoms. The minimum Gasteiger partial charge on any atom is -0.350 e. The summed E-state index contributed by atoms with van der Waals surface area (Å²) in [5.41, 5.74) is 2.97. The van der Waals surface area contributed by atoms with Gasteiger partial charge in [-0.3, -0.25) is 14.5 Å². The van der Waals surface area contributed by atoms with E-state index >= 15 is 0 Å². The molecule has 33 heavy (non-hydrogen) atoms. The van der Waals surface area contributed by atoms with Crippen LogP contribution < -0.4 is 10.2 Å². The molecule has 4 aromatic rings. The first kappa shape index (κ1) is 21.4. The van der Waals surface area contributed by atoms with Crippen molar-refractivity contribution in [3.8, 4) is 0 Å². The summed E-state index contributed by atoms with van der Waals surface area (Å²) in [7, 11) is 0. The van der Waals surface area contributed by atoms with E-state index < -0.39 is 5.54 Å². The lowest BCUT2D eigenvalue weighted by Crippen LogP contribution is -2.64. The number of aryl methyl sites for hydroxylation is 1. The number of hydrogen-bond donors (Lipinski definition) is 1. The Balaban J connectivity index is 1.58. The van der Waals surface area contributed by atoms with Gasteiger partial charge in [-0.05, 0) is 73.2 Å². The molecule has 1 atom stereocenters. The molecule has 0 radical (unpaired) electrons. The molecule has 2 aromatic heterocycles. The summed E-state index contributed by atoms with van der Waals surface area (Å²) >= 11 is 1.56. The number of nitrogens with zero attached hydrogens (tertiary/aromatic N) is 2. The zero-order chi connectivity index (χ0) is 23.3. The highest BCUT2D eigenvalue weighted by Crippen LogP contribution is 2.39. The Hall–Kier alpha value is -3.45. The number of benzene rings is 2. The van der Waals surface area contributed by atoms with Gasteiger partial charge in [-0.15, -0.1) is 11.3 Å². The average Bonchev–Trinajstić information content (AvgIpc) is 3.38. The monoisotopic (exact) mass is 461 g/mol. The number of halogens is 1. The lowest BCUT2D eigenvalue weighted by atomic mass is 9.92. The summed E-state index contributed by atoms with van der Waals surface area (Å²) in [6.07, 6.45) is 0. The number of fused-ring (bicyclic) bond motifs is 3. The fraction of sp³-hybridized carbons (Fsp3) is 0.231. The second kappa shape index (κ2) is 7.85. The first-order valence-electron chi connectivity index (χ1n) is 10.8. The number of carbonyl (C=O) groups is 2. The third kappa shape index (κ3) is 3.43. The molecule has 5 rings (SSSR count). The van der Waals surface area contributed by atoms with E-state index in [0.29, 0.717) is 12.2 Å². The second-order valence-corrected chi connectivity index (χ2v) is 9.63. The van der Waals surface area contributed by atoms with Crippen molar-refractivity contribution in [2.75, 3.05) is 4.90 Å². The number of anilines is 1. The van der Waals surface area contributed by atoms with E-state index in [1.54, 1.807) is 28.4 Å². The van der Waals surface area contributed by atoms with E-state index in [1.165, 1.54) is 12.1 Å². The molecule has 1 aliphatic rings. The van der Waals surface area contributed by atoms with Crippen molar-refractivity contribution in [3.63, 3.8) is 0 Å². The molecule has 0 unspecified atom stereocenters. The maximum atomic E-state index is 13.9. The second-order valence-electron chi connectivity index (χ2n) is 8.74. The number of carbonyl (C=O) groups excluding carboxylic acids is 2. The van der Waals surface area contributed by atoms with E-state index in [-0.39, 0.29) is 24.2 Å². The Bertz CT molecular complexity index is 1390. The van der Waals surface area contributed by atoms with Crippen LogP contribution in [0.4, 0.5) is 10.1 Å². The maximum absolute atomic E-state index is 13.9. The largest absolute Gasteiger partial charge is 0.350 e. The van der Waals surface area contributed by atoms with Gasteiger partial charge in [0.15, 0.2) is 0 Å². The molecular formula is C26H24FN3O2S. The maximum Gasteiger partial charge on any atom is 0.275 e. The molecule has 0 saturated heterocycles. The predicted octanol–water partition coefficient (Wildman–Crippen LogP) is 5.19. The van der Waals surface area contributed by atoms with E-state index in [4.69, 9.17) is 0 Å². The molecule has 7 heteroatoms. The van der Waals surface area contributed by atoms with Crippen LogP contribution in [-0.4, -0.2) is 21.9 Å². The summed E-state index contributed by atoms with van der Waals surface area (Å²) in [4.78, 5) is 30.2. The average molecular weight is 462 g/mol. The third-order valence-corrected chi connectivity index (χ3v) is 7.51. The molecule has 1 aliphatic heterocycles. The standard InChI is InChI=1S/C26H24FN3O2S/c1-16-5-4-6-21(17(16)2)30-23(31)22-13-19-11-12-33-24(19)29(22)15-26(30,3)25(32)28-14-18-7-9-20(27)10-8-18/h4-13H,14-15H2,1-3H3,(H,28,32)/t26-/m1/s1. The summed E-state index contributed by atoms with van der Waals surface area (Å²) in [6, 6.07) is 15.7. The summed E-state index contributed by atoms with van der Waals surface area (Å²) < 4.78 is 15.2. The molecule has 2 aromatic carbocycles. The number of aromatic nitrogens is 1. The van der Waals surface area contributed by atoms with Crippen LogP contribution in [-0.2, 0) is 17.9 Å². The number of hydrogen-bond acceptors (Lipinski definition) is 3. The highest BCUT2D eigenvalue weighted by molar-refractivity contribution is 7.16. The van der Waals surface area contributed by atoms with Gasteiger partial charge in [0.05, 0.1) is 6.54 Å². The zero-order valence-corrected chi connectivity index (χ0v) is 19.5. The van der Waals surface area contributed by atoms with Gasteiger partial charge in [-0.25, -0.2) is 4.39 Å². The quantitative estimate of drug-likeness (QED) is 0.455. The molecule has 1 N–H and O–H groups in total. The van der Waals surface area contributed by atoms with Gasteiger partial charge in [-0.2, -0.15) is 0 Å². The van der Waals surface area contributed by atoms with Crippen molar-refractivity contribution in [2.45, 2.75) is 39.4 Å². The SMILES string of the molecule is Cc1cccc(N2C(=O)c3cc4ccsc4n3C[C@]2(C)C(=O)NCc2ccc(F)cc2)c1C. The molecule has 0 fully saturated rings.